The SMILES string of the molecule is C=Cc1ccccc1C(=O)N1CCCC(CC)(/C(O)=C(\[N+]#N)C(=O)OCC)C1=O. The van der Waals surface area contributed by atoms with Crippen LogP contribution in [0.15, 0.2) is 42.3 Å². The molecule has 0 saturated carbocycles. The minimum absolute atomic E-state index is 0.00114. The Morgan fingerprint density at radius 3 is 2.66 bits per heavy atom. The molecular weight excluding hydrogens is 374 g/mol. The lowest BCUT2D eigenvalue weighted by Crippen LogP contribution is -2.52. The summed E-state index contributed by atoms with van der Waals surface area (Å²) in [5.41, 5.74) is -1.41. The summed E-state index contributed by atoms with van der Waals surface area (Å²) in [4.78, 5) is 42.4. The highest BCUT2D eigenvalue weighted by molar-refractivity contribution is 6.09. The maximum absolute atomic E-state index is 13.3. The third-order valence-electron chi connectivity index (χ3n) is 5.15. The number of likely N-dealkylation sites (tertiary alicyclic amines) is 1. The molecule has 8 nitrogen and oxygen atoms in total. The maximum atomic E-state index is 13.3. The van der Waals surface area contributed by atoms with Crippen LogP contribution < -0.4 is 0 Å². The highest BCUT2D eigenvalue weighted by atomic mass is 16.5. The summed E-state index contributed by atoms with van der Waals surface area (Å²) in [5, 5.41) is 20.0. The minimum Gasteiger partial charge on any atom is -0.504 e. The number of aliphatic hydroxyl groups excluding tert-OH is 1. The molecular formula is C21H24N3O5+. The predicted octanol–water partition coefficient (Wildman–Crippen LogP) is 3.67. The van der Waals surface area contributed by atoms with Gasteiger partial charge in [0, 0.05) is 12.1 Å². The summed E-state index contributed by atoms with van der Waals surface area (Å²) < 4.78 is 4.79. The van der Waals surface area contributed by atoms with E-state index >= 15 is 0 Å². The predicted molar refractivity (Wildman–Crippen MR) is 106 cm³/mol. The Kier molecular flexibility index (Phi) is 6.89. The number of ether oxygens (including phenoxy) is 1. The Morgan fingerprint density at radius 2 is 2.07 bits per heavy atom. The number of carbonyl (C=O) groups excluding carboxylic acids is 3. The van der Waals surface area contributed by atoms with E-state index in [0.29, 0.717) is 17.5 Å². The van der Waals surface area contributed by atoms with Crippen LogP contribution in [-0.4, -0.2) is 40.9 Å². The Balaban J connectivity index is 2.52. The first-order valence-electron chi connectivity index (χ1n) is 9.41. The second-order valence-corrected chi connectivity index (χ2v) is 6.61. The standard InChI is InChI=1S/C21H23N3O5/c1-4-14-10-7-8-11-15(14)18(26)24-13-9-12-21(5-2,20(24)28)17(25)16(23-22)19(27)29-6-3/h4,7-8,10-11H,1,5-6,9,12-13H2,2-3H3/p+1. The van der Waals surface area contributed by atoms with Crippen molar-refractivity contribution in [2.45, 2.75) is 33.1 Å². The highest BCUT2D eigenvalue weighted by Crippen LogP contribution is 2.42. The van der Waals surface area contributed by atoms with E-state index in [2.05, 4.69) is 11.6 Å². The summed E-state index contributed by atoms with van der Waals surface area (Å²) in [7, 11) is 0. The first-order valence-corrected chi connectivity index (χ1v) is 9.41. The van der Waals surface area contributed by atoms with Crippen LogP contribution in [0.3, 0.4) is 0 Å². The molecule has 1 atom stereocenters. The molecule has 29 heavy (non-hydrogen) atoms. The van der Waals surface area contributed by atoms with Crippen molar-refractivity contribution >= 4 is 23.9 Å². The number of imide groups is 1. The van der Waals surface area contributed by atoms with E-state index < -0.39 is 34.7 Å². The number of esters is 1. The van der Waals surface area contributed by atoms with Gasteiger partial charge in [0.2, 0.25) is 17.1 Å². The smallest absolute Gasteiger partial charge is 0.504 e. The number of hydrogen-bond donors (Lipinski definition) is 1. The fourth-order valence-electron chi connectivity index (χ4n) is 3.54. The first-order chi connectivity index (χ1) is 13.9. The van der Waals surface area contributed by atoms with Crippen LogP contribution in [0.4, 0.5) is 0 Å². The normalized spacial score (nSPS) is 19.8. The van der Waals surface area contributed by atoms with Gasteiger partial charge in [-0.25, -0.2) is 4.79 Å². The lowest BCUT2D eigenvalue weighted by molar-refractivity contribution is -0.143. The van der Waals surface area contributed by atoms with Crippen LogP contribution in [0.25, 0.3) is 11.1 Å². The molecule has 0 aromatic heterocycles. The number of amides is 2. The fraction of sp³-hybridized carbons (Fsp3) is 0.381. The van der Waals surface area contributed by atoms with Crippen LogP contribution in [-0.2, 0) is 14.3 Å². The van der Waals surface area contributed by atoms with Crippen molar-refractivity contribution < 1.29 is 24.2 Å². The van der Waals surface area contributed by atoms with E-state index in [0.717, 1.165) is 4.90 Å². The summed E-state index contributed by atoms with van der Waals surface area (Å²) in [6, 6.07) is 6.74. The van der Waals surface area contributed by atoms with Crippen molar-refractivity contribution in [3.8, 4) is 0 Å². The molecule has 1 fully saturated rings. The van der Waals surface area contributed by atoms with Gasteiger partial charge in [-0.2, -0.15) is 0 Å². The van der Waals surface area contributed by atoms with Crippen molar-refractivity contribution in [3.05, 3.63) is 58.4 Å². The second kappa shape index (κ2) is 9.15. The number of diazo groups is 1. The van der Waals surface area contributed by atoms with Crippen molar-refractivity contribution in [1.29, 1.82) is 5.39 Å². The number of hydrogen-bond acceptors (Lipinski definition) is 6. The van der Waals surface area contributed by atoms with E-state index in [9.17, 15) is 24.9 Å². The van der Waals surface area contributed by atoms with E-state index in [1.807, 2.05) is 0 Å². The van der Waals surface area contributed by atoms with Crippen LogP contribution in [0.1, 0.15) is 49.0 Å². The monoisotopic (exact) mass is 398 g/mol. The van der Waals surface area contributed by atoms with Crippen LogP contribution in [0.2, 0.25) is 0 Å². The molecule has 1 aliphatic rings. The van der Waals surface area contributed by atoms with E-state index in [4.69, 9.17) is 4.74 Å². The van der Waals surface area contributed by atoms with Crippen molar-refractivity contribution in [3.63, 3.8) is 0 Å². The van der Waals surface area contributed by atoms with Crippen molar-refractivity contribution in [2.24, 2.45) is 5.41 Å². The largest absolute Gasteiger partial charge is 0.506 e. The van der Waals surface area contributed by atoms with E-state index in [1.165, 1.54) is 6.08 Å². The molecule has 2 amide bonds. The van der Waals surface area contributed by atoms with Gasteiger partial charge in [0.05, 0.1) is 6.61 Å². The minimum atomic E-state index is -1.56. The Labute approximate surface area is 169 Å². The average Bonchev–Trinajstić information content (AvgIpc) is 2.74. The van der Waals surface area contributed by atoms with Crippen LogP contribution in [0.5, 0.6) is 0 Å². The highest BCUT2D eigenvalue weighted by Gasteiger charge is 2.53. The average molecular weight is 398 g/mol. The van der Waals surface area contributed by atoms with E-state index in [-0.39, 0.29) is 26.0 Å². The van der Waals surface area contributed by atoms with Crippen LogP contribution in [0, 0.1) is 10.8 Å². The topological polar surface area (TPSA) is 112 Å². The third-order valence-corrected chi connectivity index (χ3v) is 5.15. The molecule has 1 saturated heterocycles. The molecule has 1 heterocycles. The molecule has 0 spiro atoms. The van der Waals surface area contributed by atoms with Gasteiger partial charge in [0.15, 0.2) is 4.98 Å². The quantitative estimate of drug-likeness (QED) is 0.257. The van der Waals surface area contributed by atoms with Gasteiger partial charge < -0.3 is 9.84 Å². The van der Waals surface area contributed by atoms with Gasteiger partial charge in [-0.05, 0) is 37.8 Å². The number of piperidine rings is 1. The lowest BCUT2D eigenvalue weighted by Gasteiger charge is -2.38. The molecule has 1 unspecified atom stereocenters. The molecule has 1 aromatic carbocycles. The van der Waals surface area contributed by atoms with Crippen LogP contribution >= 0.6 is 0 Å². The molecule has 0 radical (unpaired) electrons. The van der Waals surface area contributed by atoms with Gasteiger partial charge in [0.1, 0.15) is 5.41 Å². The van der Waals surface area contributed by atoms with E-state index in [1.54, 1.807) is 38.1 Å². The number of benzene rings is 1. The van der Waals surface area contributed by atoms with Gasteiger partial charge in [-0.1, -0.05) is 37.8 Å². The molecule has 1 N–H and O–H groups in total. The molecule has 2 rings (SSSR count). The van der Waals surface area contributed by atoms with Crippen molar-refractivity contribution in [1.82, 2.24) is 4.90 Å². The van der Waals surface area contributed by atoms with Crippen molar-refractivity contribution in [2.75, 3.05) is 13.2 Å². The van der Waals surface area contributed by atoms with Gasteiger partial charge >= 0.3 is 11.7 Å². The third kappa shape index (κ3) is 3.90. The zero-order valence-electron chi connectivity index (χ0n) is 16.6. The fourth-order valence-corrected chi connectivity index (χ4v) is 3.54. The summed E-state index contributed by atoms with van der Waals surface area (Å²) in [6.07, 6.45) is 2.23. The summed E-state index contributed by atoms with van der Waals surface area (Å²) in [6.45, 7) is 7.07. The molecule has 0 bridgehead atoms. The second-order valence-electron chi connectivity index (χ2n) is 6.61. The van der Waals surface area contributed by atoms with Gasteiger partial charge in [-0.15, -0.1) is 0 Å². The molecule has 152 valence electrons. The Bertz CT molecular complexity index is 915. The first kappa shape index (κ1) is 21.8. The molecule has 8 heteroatoms. The summed E-state index contributed by atoms with van der Waals surface area (Å²) >= 11 is 0. The Hall–Kier alpha value is -3.47. The number of nitrogens with zero attached hydrogens (tertiary/aromatic N) is 3. The maximum Gasteiger partial charge on any atom is 0.506 e. The molecule has 1 aliphatic heterocycles. The number of aliphatic hydroxyl groups is 1. The Morgan fingerprint density at radius 1 is 1.38 bits per heavy atom. The number of rotatable bonds is 6. The summed E-state index contributed by atoms with van der Waals surface area (Å²) in [5.74, 6) is -2.92. The van der Waals surface area contributed by atoms with Gasteiger partial charge in [-0.3, -0.25) is 14.5 Å². The zero-order chi connectivity index (χ0) is 21.6. The lowest BCUT2D eigenvalue weighted by atomic mass is 9.74. The number of carbonyl (C=O) groups is 3. The molecule has 1 aromatic rings. The molecule has 0 aliphatic carbocycles. The van der Waals surface area contributed by atoms with Gasteiger partial charge in [0.25, 0.3) is 5.91 Å². The zero-order valence-corrected chi connectivity index (χ0v) is 16.6.